The number of carbonyl (C=O) groups excluding carboxylic acids is 3. The van der Waals surface area contributed by atoms with Gasteiger partial charge in [-0.25, -0.2) is 0 Å². The van der Waals surface area contributed by atoms with Gasteiger partial charge < -0.3 is 5.32 Å². The van der Waals surface area contributed by atoms with Crippen LogP contribution >= 0.6 is 11.6 Å². The van der Waals surface area contributed by atoms with E-state index in [0.717, 1.165) is 5.01 Å². The monoisotopic (exact) mass is 275 g/mol. The van der Waals surface area contributed by atoms with E-state index in [9.17, 15) is 14.4 Å². The normalized spacial score (nSPS) is 21.3. The number of halogens is 1. The largest absolute Gasteiger partial charge is 0.351 e. The third kappa shape index (κ3) is 3.87. The zero-order valence-electron chi connectivity index (χ0n) is 10.7. The summed E-state index contributed by atoms with van der Waals surface area (Å²) in [5, 5.41) is 3.95. The third-order valence-corrected chi connectivity index (χ3v) is 2.93. The summed E-state index contributed by atoms with van der Waals surface area (Å²) in [5.41, 5.74) is 2.10. The first-order valence-corrected chi connectivity index (χ1v) is 6.24. The summed E-state index contributed by atoms with van der Waals surface area (Å²) in [4.78, 5) is 34.3. The predicted molar refractivity (Wildman–Crippen MR) is 66.6 cm³/mol. The Balaban J connectivity index is 2.69. The van der Waals surface area contributed by atoms with Crippen LogP contribution in [0.15, 0.2) is 0 Å². The minimum Gasteiger partial charge on any atom is -0.351 e. The van der Waals surface area contributed by atoms with Crippen LogP contribution < -0.4 is 10.7 Å². The number of hydrogen-bond donors (Lipinski definition) is 2. The van der Waals surface area contributed by atoms with Crippen LogP contribution in [0.1, 0.15) is 27.2 Å². The fraction of sp³-hybridized carbons (Fsp3) is 0.727. The Bertz CT molecular complexity index is 371. The van der Waals surface area contributed by atoms with Crippen molar-refractivity contribution in [2.24, 2.45) is 5.92 Å². The van der Waals surface area contributed by atoms with Crippen molar-refractivity contribution in [2.75, 3.05) is 12.4 Å². The van der Waals surface area contributed by atoms with Gasteiger partial charge in [-0.3, -0.25) is 24.8 Å². The second-order valence-corrected chi connectivity index (χ2v) is 5.35. The van der Waals surface area contributed by atoms with Crippen molar-refractivity contribution in [2.45, 2.75) is 32.7 Å². The Hall–Kier alpha value is -1.30. The van der Waals surface area contributed by atoms with Crippen molar-refractivity contribution in [3.05, 3.63) is 0 Å². The number of rotatable bonds is 3. The van der Waals surface area contributed by atoms with Crippen LogP contribution in [0.4, 0.5) is 0 Å². The van der Waals surface area contributed by atoms with E-state index in [-0.39, 0.29) is 35.7 Å². The van der Waals surface area contributed by atoms with Crippen LogP contribution in [0.25, 0.3) is 0 Å². The molecule has 0 bridgehead atoms. The zero-order chi connectivity index (χ0) is 13.9. The Labute approximate surface area is 111 Å². The van der Waals surface area contributed by atoms with Gasteiger partial charge >= 0.3 is 0 Å². The molecule has 0 aromatic carbocycles. The summed E-state index contributed by atoms with van der Waals surface area (Å²) in [6, 6.07) is 0. The van der Waals surface area contributed by atoms with Crippen LogP contribution in [0.2, 0.25) is 0 Å². The van der Waals surface area contributed by atoms with Crippen LogP contribution in [0.3, 0.4) is 0 Å². The molecule has 102 valence electrons. The topological polar surface area (TPSA) is 78.5 Å². The summed E-state index contributed by atoms with van der Waals surface area (Å²) in [6.45, 7) is 5.27. The van der Waals surface area contributed by atoms with E-state index in [1.165, 1.54) is 6.92 Å². The van der Waals surface area contributed by atoms with Crippen molar-refractivity contribution in [3.63, 3.8) is 0 Å². The fourth-order valence-corrected chi connectivity index (χ4v) is 2.18. The first-order valence-electron chi connectivity index (χ1n) is 5.71. The smallest absolute Gasteiger partial charge is 0.255 e. The van der Waals surface area contributed by atoms with Gasteiger partial charge in [-0.05, 0) is 20.3 Å². The Kier molecular flexibility index (Phi) is 4.56. The van der Waals surface area contributed by atoms with Gasteiger partial charge in [0.25, 0.3) is 5.91 Å². The second-order valence-electron chi connectivity index (χ2n) is 5.08. The molecule has 0 aromatic heterocycles. The van der Waals surface area contributed by atoms with E-state index < -0.39 is 5.91 Å². The lowest BCUT2D eigenvalue weighted by molar-refractivity contribution is -0.140. The molecule has 1 fully saturated rings. The summed E-state index contributed by atoms with van der Waals surface area (Å²) in [5.74, 6) is -1.48. The first-order chi connectivity index (χ1) is 8.25. The molecule has 7 heteroatoms. The lowest BCUT2D eigenvalue weighted by Gasteiger charge is -2.24. The minimum atomic E-state index is -0.427. The maximum atomic E-state index is 11.7. The van der Waals surface area contributed by atoms with Gasteiger partial charge in [0.05, 0.1) is 12.5 Å². The van der Waals surface area contributed by atoms with E-state index in [1.54, 1.807) is 0 Å². The highest BCUT2D eigenvalue weighted by atomic mass is 35.5. The average molecular weight is 276 g/mol. The lowest BCUT2D eigenvalue weighted by Crippen LogP contribution is -2.49. The van der Waals surface area contributed by atoms with Gasteiger partial charge in [-0.2, -0.15) is 0 Å². The van der Waals surface area contributed by atoms with Gasteiger partial charge in [0, 0.05) is 12.5 Å². The molecule has 0 aromatic rings. The van der Waals surface area contributed by atoms with Crippen molar-refractivity contribution in [1.82, 2.24) is 15.8 Å². The van der Waals surface area contributed by atoms with Gasteiger partial charge in [0.15, 0.2) is 0 Å². The predicted octanol–water partition coefficient (Wildman–Crippen LogP) is 0.0196. The molecule has 18 heavy (non-hydrogen) atoms. The Morgan fingerprint density at radius 1 is 1.56 bits per heavy atom. The molecule has 6 nitrogen and oxygen atoms in total. The van der Waals surface area contributed by atoms with Gasteiger partial charge in [-0.15, -0.1) is 11.6 Å². The van der Waals surface area contributed by atoms with Crippen LogP contribution in [-0.2, 0) is 14.4 Å². The molecular weight excluding hydrogens is 258 g/mol. The third-order valence-electron chi connectivity index (χ3n) is 2.70. The number of alkyl halides is 1. The lowest BCUT2D eigenvalue weighted by atomic mass is 9.96. The second kappa shape index (κ2) is 5.56. The maximum Gasteiger partial charge on any atom is 0.255 e. The summed E-state index contributed by atoms with van der Waals surface area (Å²) in [6.07, 6.45) is 0.609. The molecule has 1 saturated heterocycles. The van der Waals surface area contributed by atoms with Gasteiger partial charge in [0.1, 0.15) is 5.88 Å². The average Bonchev–Trinajstić information content (AvgIpc) is 2.49. The highest BCUT2D eigenvalue weighted by Crippen LogP contribution is 2.24. The van der Waals surface area contributed by atoms with Gasteiger partial charge in [-0.1, -0.05) is 0 Å². The number of nitrogens with zero attached hydrogens (tertiary/aromatic N) is 1. The van der Waals surface area contributed by atoms with Crippen molar-refractivity contribution < 1.29 is 14.4 Å². The molecule has 1 rings (SSSR count). The molecule has 0 spiro atoms. The number of hydrazine groups is 1. The summed E-state index contributed by atoms with van der Waals surface area (Å²) < 4.78 is 0. The van der Waals surface area contributed by atoms with E-state index >= 15 is 0 Å². The Morgan fingerprint density at radius 2 is 2.17 bits per heavy atom. The number of hydrogen-bond acceptors (Lipinski definition) is 3. The molecule has 0 unspecified atom stereocenters. The van der Waals surface area contributed by atoms with Crippen LogP contribution in [0.5, 0.6) is 0 Å². The molecular formula is C11H18ClN3O3. The zero-order valence-corrected chi connectivity index (χ0v) is 11.5. The highest BCUT2D eigenvalue weighted by molar-refractivity contribution is 6.27. The van der Waals surface area contributed by atoms with E-state index in [0.29, 0.717) is 6.42 Å². The van der Waals surface area contributed by atoms with Crippen molar-refractivity contribution >= 4 is 29.3 Å². The highest BCUT2D eigenvalue weighted by Gasteiger charge is 2.38. The van der Waals surface area contributed by atoms with E-state index in [2.05, 4.69) is 10.7 Å². The molecule has 0 aliphatic carbocycles. The first kappa shape index (κ1) is 14.8. The number of nitrogens with one attached hydrogen (secondary N) is 2. The van der Waals surface area contributed by atoms with Crippen molar-refractivity contribution in [3.8, 4) is 0 Å². The summed E-state index contributed by atoms with van der Waals surface area (Å²) >= 11 is 5.47. The SMILES string of the molecule is CC(=O)NN(C[C@@H]1CC(C)(C)NC1=O)C(=O)CCl. The molecule has 0 saturated carbocycles. The number of amides is 3. The van der Waals surface area contributed by atoms with Crippen molar-refractivity contribution in [1.29, 1.82) is 0 Å². The molecule has 3 amide bonds. The van der Waals surface area contributed by atoms with Crippen LogP contribution in [-0.4, -0.2) is 40.7 Å². The Morgan fingerprint density at radius 3 is 2.56 bits per heavy atom. The maximum absolute atomic E-state index is 11.7. The molecule has 2 N–H and O–H groups in total. The van der Waals surface area contributed by atoms with Crippen LogP contribution in [0, 0.1) is 5.92 Å². The number of carbonyl (C=O) groups is 3. The molecule has 1 aliphatic heterocycles. The molecule has 1 heterocycles. The quantitative estimate of drug-likeness (QED) is 0.563. The fourth-order valence-electron chi connectivity index (χ4n) is 2.04. The van der Waals surface area contributed by atoms with Gasteiger partial charge in [0.2, 0.25) is 11.8 Å². The summed E-state index contributed by atoms with van der Waals surface area (Å²) in [7, 11) is 0. The minimum absolute atomic E-state index is 0.113. The standard InChI is InChI=1S/C11H18ClN3O3/c1-7(16)14-15(9(17)5-12)6-8-4-11(2,3)13-10(8)18/h8H,4-6H2,1-3H3,(H,13,18)(H,14,16)/t8-/m0/s1. The molecule has 1 atom stereocenters. The molecule has 0 radical (unpaired) electrons. The van der Waals surface area contributed by atoms with E-state index in [1.807, 2.05) is 13.8 Å². The van der Waals surface area contributed by atoms with E-state index in [4.69, 9.17) is 11.6 Å². The molecule has 1 aliphatic rings.